The summed E-state index contributed by atoms with van der Waals surface area (Å²) in [6, 6.07) is 9.46. The second-order valence-corrected chi connectivity index (χ2v) is 8.42. The lowest BCUT2D eigenvalue weighted by atomic mass is 10.1. The molecule has 3 aromatic rings. The molecule has 0 spiro atoms. The molecule has 1 heterocycles. The van der Waals surface area contributed by atoms with Crippen LogP contribution in [0.3, 0.4) is 0 Å². The molecule has 0 saturated carbocycles. The minimum atomic E-state index is -2.71. The van der Waals surface area contributed by atoms with E-state index >= 15 is 0 Å². The molecule has 1 unspecified atom stereocenters. The fraction of sp³-hybridized carbons (Fsp3) is 0.318. The van der Waals surface area contributed by atoms with E-state index in [0.717, 1.165) is 0 Å². The topological polar surface area (TPSA) is 73.2 Å². The number of nitrogens with one attached hydrogen (secondary N) is 1. The van der Waals surface area contributed by atoms with Gasteiger partial charge in [0, 0.05) is 5.56 Å². The van der Waals surface area contributed by atoms with Crippen LogP contribution in [-0.2, 0) is 4.74 Å². The van der Waals surface area contributed by atoms with Crippen molar-refractivity contribution in [1.29, 1.82) is 0 Å². The maximum Gasteiger partial charge on any atom is 0.408 e. The SMILES string of the molecule is CC(NC(=O)OC(C)(C)C)c1nc2cccc(Cl)c2c(=O)n1-c1cccc(C(F)F)c1. The zero-order valence-corrected chi connectivity index (χ0v) is 18.2. The number of carbonyl (C=O) groups is 1. The van der Waals surface area contributed by atoms with Crippen LogP contribution in [0.15, 0.2) is 47.3 Å². The summed E-state index contributed by atoms with van der Waals surface area (Å²) < 4.78 is 33.0. The van der Waals surface area contributed by atoms with E-state index in [4.69, 9.17) is 16.3 Å². The smallest absolute Gasteiger partial charge is 0.408 e. The van der Waals surface area contributed by atoms with Gasteiger partial charge in [-0.1, -0.05) is 29.8 Å². The van der Waals surface area contributed by atoms with Crippen molar-refractivity contribution in [3.8, 4) is 5.69 Å². The number of rotatable bonds is 4. The molecule has 0 aliphatic carbocycles. The Labute approximate surface area is 182 Å². The lowest BCUT2D eigenvalue weighted by Gasteiger charge is -2.23. The van der Waals surface area contributed by atoms with Gasteiger partial charge < -0.3 is 10.1 Å². The first kappa shape index (κ1) is 22.7. The van der Waals surface area contributed by atoms with Crippen LogP contribution in [0.4, 0.5) is 13.6 Å². The molecule has 6 nitrogen and oxygen atoms in total. The number of amides is 1. The van der Waals surface area contributed by atoms with Gasteiger partial charge in [0.05, 0.1) is 27.7 Å². The van der Waals surface area contributed by atoms with E-state index in [9.17, 15) is 18.4 Å². The van der Waals surface area contributed by atoms with E-state index in [0.29, 0.717) is 5.52 Å². The summed E-state index contributed by atoms with van der Waals surface area (Å²) in [6.45, 7) is 6.79. The second kappa shape index (κ2) is 8.63. The van der Waals surface area contributed by atoms with Crippen molar-refractivity contribution in [2.24, 2.45) is 0 Å². The summed E-state index contributed by atoms with van der Waals surface area (Å²) in [6.07, 6.45) is -3.42. The van der Waals surface area contributed by atoms with Gasteiger partial charge in [0.1, 0.15) is 11.4 Å². The van der Waals surface area contributed by atoms with E-state index in [2.05, 4.69) is 10.3 Å². The van der Waals surface area contributed by atoms with Crippen LogP contribution in [0.5, 0.6) is 0 Å². The number of ether oxygens (including phenoxy) is 1. The van der Waals surface area contributed by atoms with Crippen LogP contribution in [0, 0.1) is 0 Å². The van der Waals surface area contributed by atoms with E-state index in [-0.39, 0.29) is 27.5 Å². The van der Waals surface area contributed by atoms with E-state index in [1.165, 1.54) is 28.8 Å². The molecule has 3 rings (SSSR count). The highest BCUT2D eigenvalue weighted by Gasteiger charge is 2.23. The Balaban J connectivity index is 2.20. The molecule has 0 saturated heterocycles. The van der Waals surface area contributed by atoms with Crippen molar-refractivity contribution in [2.45, 2.75) is 45.8 Å². The summed E-state index contributed by atoms with van der Waals surface area (Å²) >= 11 is 6.23. The number of carbonyl (C=O) groups excluding carboxylic acids is 1. The quantitative estimate of drug-likeness (QED) is 0.565. The van der Waals surface area contributed by atoms with Crippen LogP contribution in [0.1, 0.15) is 51.6 Å². The van der Waals surface area contributed by atoms with Crippen molar-refractivity contribution in [1.82, 2.24) is 14.9 Å². The molecular weight excluding hydrogens is 428 g/mol. The molecule has 0 aliphatic rings. The maximum absolute atomic E-state index is 13.4. The molecule has 1 aromatic heterocycles. The minimum absolute atomic E-state index is 0.150. The van der Waals surface area contributed by atoms with Crippen LogP contribution in [0.25, 0.3) is 16.6 Å². The Morgan fingerprint density at radius 2 is 1.87 bits per heavy atom. The van der Waals surface area contributed by atoms with Gasteiger partial charge in [0.2, 0.25) is 0 Å². The number of benzene rings is 2. The average Bonchev–Trinajstić information content (AvgIpc) is 2.66. The van der Waals surface area contributed by atoms with Gasteiger partial charge in [-0.05, 0) is 52.0 Å². The first-order valence-electron chi connectivity index (χ1n) is 9.57. The summed E-state index contributed by atoms with van der Waals surface area (Å²) in [7, 11) is 0. The monoisotopic (exact) mass is 449 g/mol. The van der Waals surface area contributed by atoms with E-state index < -0.39 is 29.7 Å². The molecule has 1 atom stereocenters. The predicted molar refractivity (Wildman–Crippen MR) is 115 cm³/mol. The number of hydrogen-bond acceptors (Lipinski definition) is 4. The summed E-state index contributed by atoms with van der Waals surface area (Å²) in [5.41, 5.74) is -0.992. The van der Waals surface area contributed by atoms with Crippen molar-refractivity contribution in [3.05, 3.63) is 69.2 Å². The Morgan fingerprint density at radius 1 is 1.19 bits per heavy atom. The maximum atomic E-state index is 13.4. The van der Waals surface area contributed by atoms with Gasteiger partial charge in [0.25, 0.3) is 12.0 Å². The lowest BCUT2D eigenvalue weighted by Crippen LogP contribution is -2.37. The fourth-order valence-electron chi connectivity index (χ4n) is 3.10. The van der Waals surface area contributed by atoms with Crippen molar-refractivity contribution >= 4 is 28.6 Å². The third kappa shape index (κ3) is 5.02. The van der Waals surface area contributed by atoms with Gasteiger partial charge >= 0.3 is 6.09 Å². The van der Waals surface area contributed by atoms with Crippen LogP contribution < -0.4 is 10.9 Å². The van der Waals surface area contributed by atoms with Crippen molar-refractivity contribution in [2.75, 3.05) is 0 Å². The number of fused-ring (bicyclic) bond motifs is 1. The first-order chi connectivity index (χ1) is 14.5. The van der Waals surface area contributed by atoms with Gasteiger partial charge in [0.15, 0.2) is 0 Å². The third-order valence-corrected chi connectivity index (χ3v) is 4.69. The Bertz CT molecular complexity index is 1190. The lowest BCUT2D eigenvalue weighted by molar-refractivity contribution is 0.0505. The van der Waals surface area contributed by atoms with Gasteiger partial charge in [-0.2, -0.15) is 0 Å². The zero-order valence-electron chi connectivity index (χ0n) is 17.4. The highest BCUT2D eigenvalue weighted by Crippen LogP contribution is 2.25. The van der Waals surface area contributed by atoms with Gasteiger partial charge in [-0.3, -0.25) is 9.36 Å². The highest BCUT2D eigenvalue weighted by molar-refractivity contribution is 6.35. The number of alkyl halides is 2. The van der Waals surface area contributed by atoms with Gasteiger partial charge in [-0.15, -0.1) is 0 Å². The molecule has 31 heavy (non-hydrogen) atoms. The molecule has 1 amide bonds. The molecule has 164 valence electrons. The average molecular weight is 450 g/mol. The van der Waals surface area contributed by atoms with Crippen LogP contribution >= 0.6 is 11.6 Å². The normalized spacial score (nSPS) is 12.8. The standard InChI is InChI=1S/C22H22ClF2N3O3/c1-12(26-21(30)31-22(2,3)4)19-27-16-10-6-9-15(23)17(16)20(29)28(19)14-8-5-7-13(11-14)18(24)25/h5-12,18H,1-4H3,(H,26,30). The Morgan fingerprint density at radius 3 is 2.52 bits per heavy atom. The minimum Gasteiger partial charge on any atom is -0.444 e. The number of nitrogens with zero attached hydrogens (tertiary/aromatic N) is 2. The predicted octanol–water partition coefficient (Wildman–Crippen LogP) is 5.56. The molecule has 0 fully saturated rings. The zero-order chi connectivity index (χ0) is 22.9. The van der Waals surface area contributed by atoms with Crippen LogP contribution in [-0.4, -0.2) is 21.2 Å². The molecular formula is C22H22ClF2N3O3. The van der Waals surface area contributed by atoms with Crippen LogP contribution in [0.2, 0.25) is 5.02 Å². The van der Waals surface area contributed by atoms with E-state index in [1.807, 2.05) is 0 Å². The molecule has 0 radical (unpaired) electrons. The largest absolute Gasteiger partial charge is 0.444 e. The number of halogens is 3. The van der Waals surface area contributed by atoms with Crippen molar-refractivity contribution < 1.29 is 18.3 Å². The Kier molecular flexibility index (Phi) is 6.31. The molecule has 9 heteroatoms. The van der Waals surface area contributed by atoms with Gasteiger partial charge in [-0.25, -0.2) is 18.6 Å². The molecule has 2 aromatic carbocycles. The fourth-order valence-corrected chi connectivity index (χ4v) is 3.35. The molecule has 0 bridgehead atoms. The third-order valence-electron chi connectivity index (χ3n) is 4.37. The number of hydrogen-bond donors (Lipinski definition) is 1. The summed E-state index contributed by atoms with van der Waals surface area (Å²) in [5, 5.41) is 2.98. The number of aromatic nitrogens is 2. The highest BCUT2D eigenvalue weighted by atomic mass is 35.5. The summed E-state index contributed by atoms with van der Waals surface area (Å²) in [5.74, 6) is 0.150. The molecule has 0 aliphatic heterocycles. The first-order valence-corrected chi connectivity index (χ1v) is 9.95. The van der Waals surface area contributed by atoms with Crippen molar-refractivity contribution in [3.63, 3.8) is 0 Å². The second-order valence-electron chi connectivity index (χ2n) is 8.01. The van der Waals surface area contributed by atoms with E-state index in [1.54, 1.807) is 45.9 Å². The molecule has 1 N–H and O–H groups in total. The Hall–Kier alpha value is -3.00. The number of alkyl carbamates (subject to hydrolysis) is 1. The summed E-state index contributed by atoms with van der Waals surface area (Å²) in [4.78, 5) is 30.2.